The number of rotatable bonds is 9. The third-order valence-corrected chi connectivity index (χ3v) is 6.26. The van der Waals surface area contributed by atoms with Crippen molar-refractivity contribution in [1.82, 2.24) is 9.97 Å². The van der Waals surface area contributed by atoms with Crippen LogP contribution in [-0.2, 0) is 11.2 Å². The number of anilines is 1. The van der Waals surface area contributed by atoms with Gasteiger partial charge in [-0.25, -0.2) is 4.98 Å². The first kappa shape index (κ1) is 25.1. The zero-order chi connectivity index (χ0) is 24.1. The summed E-state index contributed by atoms with van der Waals surface area (Å²) in [5, 5.41) is 3.06. The van der Waals surface area contributed by atoms with E-state index in [2.05, 4.69) is 25.0 Å². The molecule has 0 radical (unpaired) electrons. The van der Waals surface area contributed by atoms with E-state index < -0.39 is 6.61 Å². The SMILES string of the molecule is Cc1nc(C(=O)Nc2ccnc(C[C@@H](C)C3C[C@@H](COC(F)F)SC(N)=N3)c2)c(C(C)C)o1. The lowest BCUT2D eigenvalue weighted by Crippen LogP contribution is -2.33. The number of thioether (sulfide) groups is 1. The van der Waals surface area contributed by atoms with Gasteiger partial charge in [-0.2, -0.15) is 8.78 Å². The number of alkyl halides is 2. The van der Waals surface area contributed by atoms with Crippen molar-refractivity contribution >= 4 is 28.5 Å². The van der Waals surface area contributed by atoms with Gasteiger partial charge in [0, 0.05) is 35.7 Å². The van der Waals surface area contributed by atoms with Gasteiger partial charge in [-0.05, 0) is 30.9 Å². The fraction of sp³-hybridized carbons (Fsp3) is 0.545. The number of carbonyl (C=O) groups excluding carboxylic acids is 1. The van der Waals surface area contributed by atoms with Crippen LogP contribution in [0.2, 0.25) is 0 Å². The highest BCUT2D eigenvalue weighted by Gasteiger charge is 2.29. The Hall–Kier alpha value is -2.53. The highest BCUT2D eigenvalue weighted by atomic mass is 32.2. The Kier molecular flexibility index (Phi) is 8.41. The molecule has 0 aromatic carbocycles. The average molecular weight is 482 g/mol. The van der Waals surface area contributed by atoms with E-state index in [1.54, 1.807) is 25.3 Å². The maximum absolute atomic E-state index is 12.8. The van der Waals surface area contributed by atoms with Crippen molar-refractivity contribution in [2.45, 2.75) is 64.4 Å². The van der Waals surface area contributed by atoms with Gasteiger partial charge < -0.3 is 20.2 Å². The number of oxazole rings is 1. The van der Waals surface area contributed by atoms with Gasteiger partial charge in [-0.15, -0.1) is 0 Å². The predicted molar refractivity (Wildman–Crippen MR) is 124 cm³/mol. The van der Waals surface area contributed by atoms with Crippen LogP contribution in [0.25, 0.3) is 0 Å². The number of aliphatic imine (C=N–C) groups is 1. The molecule has 1 aliphatic rings. The van der Waals surface area contributed by atoms with Crippen LogP contribution in [-0.4, -0.2) is 45.6 Å². The lowest BCUT2D eigenvalue weighted by Gasteiger charge is -2.29. The number of halogens is 2. The Morgan fingerprint density at radius 3 is 2.85 bits per heavy atom. The summed E-state index contributed by atoms with van der Waals surface area (Å²) < 4.78 is 34.8. The molecule has 3 atom stereocenters. The molecular weight excluding hydrogens is 452 g/mol. The first-order chi connectivity index (χ1) is 15.6. The van der Waals surface area contributed by atoms with Crippen LogP contribution in [0, 0.1) is 12.8 Å². The molecule has 2 aromatic heterocycles. The van der Waals surface area contributed by atoms with Crippen LogP contribution in [0.1, 0.15) is 60.9 Å². The van der Waals surface area contributed by atoms with Crippen LogP contribution in [0.5, 0.6) is 0 Å². The van der Waals surface area contributed by atoms with E-state index in [1.807, 2.05) is 20.8 Å². The lowest BCUT2D eigenvalue weighted by atomic mass is 9.93. The topological polar surface area (TPSA) is 116 Å². The molecule has 3 rings (SSSR count). The number of hydrogen-bond donors (Lipinski definition) is 2. The van der Waals surface area contributed by atoms with Gasteiger partial charge in [0.25, 0.3) is 5.91 Å². The predicted octanol–water partition coefficient (Wildman–Crippen LogP) is 4.36. The molecule has 0 spiro atoms. The Morgan fingerprint density at radius 2 is 2.15 bits per heavy atom. The number of carbonyl (C=O) groups is 1. The number of nitrogens with zero attached hydrogens (tertiary/aromatic N) is 3. The van der Waals surface area contributed by atoms with Crippen molar-refractivity contribution in [3.8, 4) is 0 Å². The van der Waals surface area contributed by atoms with Crippen LogP contribution < -0.4 is 11.1 Å². The van der Waals surface area contributed by atoms with Crippen LogP contribution in [0.15, 0.2) is 27.7 Å². The number of pyridine rings is 1. The van der Waals surface area contributed by atoms with Gasteiger partial charge >= 0.3 is 6.61 Å². The second-order valence-electron chi connectivity index (χ2n) is 8.38. The van der Waals surface area contributed by atoms with Crippen molar-refractivity contribution in [2.75, 3.05) is 11.9 Å². The first-order valence-electron chi connectivity index (χ1n) is 10.8. The number of hydrogen-bond acceptors (Lipinski definition) is 8. The Labute approximate surface area is 195 Å². The van der Waals surface area contributed by atoms with E-state index in [0.717, 1.165) is 5.69 Å². The molecular formula is C22H29F2N5O3S. The zero-order valence-electron chi connectivity index (χ0n) is 19.0. The first-order valence-corrected chi connectivity index (χ1v) is 11.6. The van der Waals surface area contributed by atoms with Gasteiger partial charge in [0.2, 0.25) is 0 Å². The van der Waals surface area contributed by atoms with E-state index in [9.17, 15) is 13.6 Å². The second-order valence-corrected chi connectivity index (χ2v) is 9.70. The molecule has 0 saturated carbocycles. The molecule has 1 amide bonds. The summed E-state index contributed by atoms with van der Waals surface area (Å²) in [4.78, 5) is 25.9. The van der Waals surface area contributed by atoms with E-state index in [-0.39, 0.29) is 41.3 Å². The molecule has 3 N–H and O–H groups in total. The summed E-state index contributed by atoms with van der Waals surface area (Å²) in [7, 11) is 0. The van der Waals surface area contributed by atoms with Gasteiger partial charge in [0.1, 0.15) is 5.76 Å². The monoisotopic (exact) mass is 481 g/mol. The summed E-state index contributed by atoms with van der Waals surface area (Å²) in [5.41, 5.74) is 7.56. The van der Waals surface area contributed by atoms with Crippen LogP contribution in [0.3, 0.4) is 0 Å². The van der Waals surface area contributed by atoms with Crippen LogP contribution in [0.4, 0.5) is 14.5 Å². The summed E-state index contributed by atoms with van der Waals surface area (Å²) in [6.07, 6.45) is 2.79. The minimum Gasteiger partial charge on any atom is -0.445 e. The molecule has 0 saturated heterocycles. The second kappa shape index (κ2) is 11.1. The third kappa shape index (κ3) is 6.97. The molecule has 11 heteroatoms. The number of aromatic nitrogens is 2. The number of amidine groups is 1. The summed E-state index contributed by atoms with van der Waals surface area (Å²) in [5.74, 6) is 0.726. The maximum atomic E-state index is 12.8. The molecule has 0 fully saturated rings. The number of nitrogens with one attached hydrogen (secondary N) is 1. The van der Waals surface area contributed by atoms with Crippen molar-refractivity contribution in [1.29, 1.82) is 0 Å². The summed E-state index contributed by atoms with van der Waals surface area (Å²) in [6, 6.07) is 3.38. The van der Waals surface area contributed by atoms with E-state index in [4.69, 9.17) is 10.2 Å². The van der Waals surface area contributed by atoms with Crippen molar-refractivity contribution < 1.29 is 22.7 Å². The Bertz CT molecular complexity index is 998. The maximum Gasteiger partial charge on any atom is 0.345 e. The third-order valence-electron chi connectivity index (χ3n) is 5.26. The normalized spacial score (nSPS) is 19.6. The van der Waals surface area contributed by atoms with Crippen molar-refractivity contribution in [2.24, 2.45) is 16.6 Å². The van der Waals surface area contributed by atoms with Crippen LogP contribution >= 0.6 is 11.8 Å². The fourth-order valence-corrected chi connectivity index (χ4v) is 4.67. The van der Waals surface area contributed by atoms with Gasteiger partial charge in [0.15, 0.2) is 16.8 Å². The van der Waals surface area contributed by atoms with Gasteiger partial charge in [-0.1, -0.05) is 32.5 Å². The number of ether oxygens (including phenoxy) is 1. The standard InChI is InChI=1S/C22H29F2N5O3S/c1-11(2)19-18(27-13(4)32-19)20(30)28-14-5-6-26-15(8-14)7-12(3)17-9-16(10-31-21(23)24)33-22(25)29-17/h5-6,8,11-12,16-17,21H,7,9-10H2,1-4H3,(H2,25,29)(H,26,28,30)/t12-,16+,17?/m1/s1. The smallest absolute Gasteiger partial charge is 0.345 e. The number of nitrogens with two attached hydrogens (primary N) is 1. The lowest BCUT2D eigenvalue weighted by molar-refractivity contribution is -0.128. The summed E-state index contributed by atoms with van der Waals surface area (Å²) in [6.45, 7) is 4.71. The van der Waals surface area contributed by atoms with Gasteiger partial charge in [-0.3, -0.25) is 14.8 Å². The molecule has 0 aliphatic carbocycles. The largest absolute Gasteiger partial charge is 0.445 e. The molecule has 180 valence electrons. The van der Waals surface area contributed by atoms with E-state index >= 15 is 0 Å². The number of amides is 1. The van der Waals surface area contributed by atoms with E-state index in [0.29, 0.717) is 35.3 Å². The average Bonchev–Trinajstić information content (AvgIpc) is 3.14. The minimum atomic E-state index is -2.80. The fourth-order valence-electron chi connectivity index (χ4n) is 3.70. The molecule has 1 aliphatic heterocycles. The number of aryl methyl sites for hydroxylation is 1. The minimum absolute atomic E-state index is 0.0253. The summed E-state index contributed by atoms with van der Waals surface area (Å²) >= 11 is 1.26. The zero-order valence-corrected chi connectivity index (χ0v) is 19.9. The molecule has 8 nitrogen and oxygen atoms in total. The molecule has 2 aromatic rings. The highest BCUT2D eigenvalue weighted by molar-refractivity contribution is 8.14. The molecule has 1 unspecified atom stereocenters. The highest BCUT2D eigenvalue weighted by Crippen LogP contribution is 2.30. The Morgan fingerprint density at radius 1 is 1.39 bits per heavy atom. The molecule has 33 heavy (non-hydrogen) atoms. The van der Waals surface area contributed by atoms with Crippen molar-refractivity contribution in [3.63, 3.8) is 0 Å². The quantitative estimate of drug-likeness (QED) is 0.547. The molecule has 3 heterocycles. The van der Waals surface area contributed by atoms with E-state index in [1.165, 1.54) is 11.8 Å². The Balaban J connectivity index is 1.65. The van der Waals surface area contributed by atoms with Gasteiger partial charge in [0.05, 0.1) is 12.6 Å². The molecule has 0 bridgehead atoms. The van der Waals surface area contributed by atoms with Crippen molar-refractivity contribution in [3.05, 3.63) is 41.4 Å².